The number of thiophene rings is 1. The smallest absolute Gasteiger partial charge is 0.266 e. The SMILES string of the molecule is CN(C(=O)CCN1C(=O)C(=Cc2cccs2)SC1=S)C1CCS(=O)(=O)C1. The first-order valence-corrected chi connectivity index (χ1v) is 11.9. The molecule has 1 aromatic rings. The van der Waals surface area contributed by atoms with E-state index in [0.717, 1.165) is 4.88 Å². The molecule has 6 nitrogen and oxygen atoms in total. The molecule has 3 rings (SSSR count). The van der Waals surface area contributed by atoms with E-state index in [4.69, 9.17) is 12.2 Å². The number of carbonyl (C=O) groups excluding carboxylic acids is 2. The van der Waals surface area contributed by atoms with Crippen LogP contribution in [0.2, 0.25) is 0 Å². The molecule has 0 aliphatic carbocycles. The van der Waals surface area contributed by atoms with Crippen molar-refractivity contribution in [2.45, 2.75) is 18.9 Å². The van der Waals surface area contributed by atoms with Gasteiger partial charge in [-0.3, -0.25) is 14.5 Å². The number of amides is 2. The molecule has 1 aromatic heterocycles. The first-order chi connectivity index (χ1) is 12.3. The quantitative estimate of drug-likeness (QED) is 0.525. The monoisotopic (exact) mass is 430 g/mol. The fourth-order valence-electron chi connectivity index (χ4n) is 2.86. The van der Waals surface area contributed by atoms with Gasteiger partial charge in [0.25, 0.3) is 5.91 Å². The van der Waals surface area contributed by atoms with Crippen LogP contribution in [0, 0.1) is 0 Å². The molecule has 0 saturated carbocycles. The van der Waals surface area contributed by atoms with Gasteiger partial charge in [0.1, 0.15) is 4.32 Å². The van der Waals surface area contributed by atoms with Crippen LogP contribution in [0.5, 0.6) is 0 Å². The Kier molecular flexibility index (Phi) is 5.85. The summed E-state index contributed by atoms with van der Waals surface area (Å²) >= 11 is 8.04. The van der Waals surface area contributed by atoms with Crippen molar-refractivity contribution in [3.8, 4) is 0 Å². The number of hydrogen-bond donors (Lipinski definition) is 0. The van der Waals surface area contributed by atoms with E-state index in [0.29, 0.717) is 15.6 Å². The number of sulfone groups is 1. The molecule has 2 aliphatic heterocycles. The number of carbonyl (C=O) groups is 2. The fraction of sp³-hybridized carbons (Fsp3) is 0.438. The zero-order chi connectivity index (χ0) is 18.9. The number of nitrogens with zero attached hydrogens (tertiary/aromatic N) is 2. The number of rotatable bonds is 5. The highest BCUT2D eigenvalue weighted by Crippen LogP contribution is 2.33. The highest BCUT2D eigenvalue weighted by atomic mass is 32.2. The fourth-order valence-corrected chi connectivity index (χ4v) is 6.67. The van der Waals surface area contributed by atoms with Gasteiger partial charge in [0.05, 0.1) is 16.4 Å². The van der Waals surface area contributed by atoms with Gasteiger partial charge in [0.15, 0.2) is 9.84 Å². The lowest BCUT2D eigenvalue weighted by Gasteiger charge is -2.24. The van der Waals surface area contributed by atoms with Gasteiger partial charge in [-0.15, -0.1) is 11.3 Å². The molecular formula is C16H18N2O4S4. The number of thiocarbonyl (C=S) groups is 1. The van der Waals surface area contributed by atoms with E-state index in [1.54, 1.807) is 13.1 Å². The van der Waals surface area contributed by atoms with Crippen LogP contribution in [-0.2, 0) is 19.4 Å². The molecule has 2 fully saturated rings. The summed E-state index contributed by atoms with van der Waals surface area (Å²) in [7, 11) is -1.42. The Bertz CT molecular complexity index is 861. The number of hydrogen-bond acceptors (Lipinski definition) is 7. The average molecular weight is 431 g/mol. The second-order valence-corrected chi connectivity index (χ2v) is 11.0. The normalized spacial score (nSPS) is 23.8. The summed E-state index contributed by atoms with van der Waals surface area (Å²) in [5, 5.41) is 1.93. The molecule has 0 aromatic carbocycles. The maximum atomic E-state index is 12.5. The average Bonchev–Trinajstić information content (AvgIpc) is 3.27. The molecule has 10 heteroatoms. The van der Waals surface area contributed by atoms with Gasteiger partial charge in [-0.1, -0.05) is 30.0 Å². The lowest BCUT2D eigenvalue weighted by Crippen LogP contribution is -2.40. The van der Waals surface area contributed by atoms with E-state index in [2.05, 4.69) is 0 Å². The molecule has 0 radical (unpaired) electrons. The van der Waals surface area contributed by atoms with Crippen molar-refractivity contribution < 1.29 is 18.0 Å². The maximum Gasteiger partial charge on any atom is 0.266 e. The molecule has 0 bridgehead atoms. The summed E-state index contributed by atoms with van der Waals surface area (Å²) in [6.07, 6.45) is 2.39. The summed E-state index contributed by atoms with van der Waals surface area (Å²) < 4.78 is 23.6. The minimum atomic E-state index is -3.04. The molecule has 0 spiro atoms. The van der Waals surface area contributed by atoms with Crippen molar-refractivity contribution in [1.29, 1.82) is 0 Å². The van der Waals surface area contributed by atoms with Crippen molar-refractivity contribution in [2.24, 2.45) is 0 Å². The highest BCUT2D eigenvalue weighted by molar-refractivity contribution is 8.26. The van der Waals surface area contributed by atoms with E-state index < -0.39 is 9.84 Å². The third-order valence-electron chi connectivity index (χ3n) is 4.39. The molecule has 140 valence electrons. The predicted octanol–water partition coefficient (Wildman–Crippen LogP) is 1.98. The summed E-state index contributed by atoms with van der Waals surface area (Å²) in [5.41, 5.74) is 0. The first kappa shape index (κ1) is 19.5. The van der Waals surface area contributed by atoms with Crippen LogP contribution in [0.1, 0.15) is 17.7 Å². The van der Waals surface area contributed by atoms with Gasteiger partial charge in [-0.2, -0.15) is 0 Å². The van der Waals surface area contributed by atoms with E-state index in [-0.39, 0.29) is 42.3 Å². The Morgan fingerprint density at radius 1 is 1.50 bits per heavy atom. The third kappa shape index (κ3) is 4.36. The largest absolute Gasteiger partial charge is 0.342 e. The van der Waals surface area contributed by atoms with Crippen molar-refractivity contribution in [1.82, 2.24) is 9.80 Å². The second kappa shape index (κ2) is 7.79. The molecule has 2 amide bonds. The van der Waals surface area contributed by atoms with Gasteiger partial charge in [0, 0.05) is 30.9 Å². The minimum Gasteiger partial charge on any atom is -0.342 e. The summed E-state index contributed by atoms with van der Waals surface area (Å²) in [4.78, 5) is 29.4. The van der Waals surface area contributed by atoms with Crippen LogP contribution in [0.4, 0.5) is 0 Å². The molecular weight excluding hydrogens is 412 g/mol. The Morgan fingerprint density at radius 3 is 2.88 bits per heavy atom. The van der Waals surface area contributed by atoms with Gasteiger partial charge in [0.2, 0.25) is 5.91 Å². The minimum absolute atomic E-state index is 0.0137. The Hall–Kier alpha value is -1.23. The topological polar surface area (TPSA) is 74.8 Å². The molecule has 3 heterocycles. The second-order valence-electron chi connectivity index (χ2n) is 6.16. The van der Waals surface area contributed by atoms with E-state index in [1.807, 2.05) is 17.5 Å². The molecule has 2 aliphatic rings. The Morgan fingerprint density at radius 2 is 2.27 bits per heavy atom. The standard InChI is InChI=1S/C16H18N2O4S4/c1-17(11-5-8-26(21,22)10-11)14(19)4-6-18-15(20)13(25-16(18)23)9-12-3-2-7-24-12/h2-3,7,9,11H,4-6,8,10H2,1H3. The van der Waals surface area contributed by atoms with Gasteiger partial charge < -0.3 is 4.90 Å². The lowest BCUT2D eigenvalue weighted by atomic mass is 10.2. The summed E-state index contributed by atoms with van der Waals surface area (Å²) in [6, 6.07) is 3.55. The molecule has 1 unspecified atom stereocenters. The van der Waals surface area contributed by atoms with Crippen molar-refractivity contribution in [3.63, 3.8) is 0 Å². The van der Waals surface area contributed by atoms with Crippen LogP contribution >= 0.6 is 35.3 Å². The summed E-state index contributed by atoms with van der Waals surface area (Å²) in [5.74, 6) is -0.229. The van der Waals surface area contributed by atoms with E-state index >= 15 is 0 Å². The molecule has 1 atom stereocenters. The Balaban J connectivity index is 1.58. The van der Waals surface area contributed by atoms with Crippen LogP contribution < -0.4 is 0 Å². The third-order valence-corrected chi connectivity index (χ3v) is 8.34. The predicted molar refractivity (Wildman–Crippen MR) is 109 cm³/mol. The zero-order valence-electron chi connectivity index (χ0n) is 14.1. The lowest BCUT2D eigenvalue weighted by molar-refractivity contribution is -0.132. The van der Waals surface area contributed by atoms with Crippen LogP contribution in [0.15, 0.2) is 22.4 Å². The Labute approximate surface area is 166 Å². The van der Waals surface area contributed by atoms with E-state index in [9.17, 15) is 18.0 Å². The van der Waals surface area contributed by atoms with Crippen LogP contribution in [-0.4, -0.2) is 65.5 Å². The molecule has 0 N–H and O–H groups in total. The van der Waals surface area contributed by atoms with Gasteiger partial charge in [-0.05, 0) is 23.9 Å². The maximum absolute atomic E-state index is 12.5. The first-order valence-electron chi connectivity index (χ1n) is 8.02. The van der Waals surface area contributed by atoms with Crippen molar-refractivity contribution in [3.05, 3.63) is 27.3 Å². The van der Waals surface area contributed by atoms with Crippen molar-refractivity contribution in [2.75, 3.05) is 25.1 Å². The summed E-state index contributed by atoms with van der Waals surface area (Å²) in [6.45, 7) is 0.203. The van der Waals surface area contributed by atoms with Crippen LogP contribution in [0.3, 0.4) is 0 Å². The highest BCUT2D eigenvalue weighted by Gasteiger charge is 2.35. The van der Waals surface area contributed by atoms with E-state index in [1.165, 1.54) is 32.9 Å². The molecule has 26 heavy (non-hydrogen) atoms. The van der Waals surface area contributed by atoms with Gasteiger partial charge in [-0.25, -0.2) is 8.42 Å². The number of thioether (sulfide) groups is 1. The molecule has 2 saturated heterocycles. The van der Waals surface area contributed by atoms with Crippen LogP contribution in [0.25, 0.3) is 6.08 Å². The zero-order valence-corrected chi connectivity index (χ0v) is 17.3. The van der Waals surface area contributed by atoms with Gasteiger partial charge >= 0.3 is 0 Å². The van der Waals surface area contributed by atoms with Crippen molar-refractivity contribution >= 4 is 67.4 Å².